The van der Waals surface area contributed by atoms with E-state index in [-0.39, 0.29) is 0 Å². The number of fused-ring (bicyclic) bond motifs is 1. The smallest absolute Gasteiger partial charge is 0.0437 e. The molecular weight excluding hydrogens is 244 g/mol. The number of nitrogens with zero attached hydrogens (tertiary/aromatic N) is 1. The third kappa shape index (κ3) is 2.65. The zero-order valence-corrected chi connectivity index (χ0v) is 12.7. The minimum atomic E-state index is 0.498. The van der Waals surface area contributed by atoms with Crippen LogP contribution in [0.5, 0.6) is 0 Å². The van der Waals surface area contributed by atoms with Gasteiger partial charge in [0.05, 0.1) is 0 Å². The zero-order valence-electron chi connectivity index (χ0n) is 12.7. The fraction of sp³-hybridized carbons (Fsp3) is 0.500. The molecule has 1 aromatic carbocycles. The second-order valence-electron chi connectivity index (χ2n) is 7.04. The van der Waals surface area contributed by atoms with Crippen molar-refractivity contribution >= 4 is 16.5 Å². The Labute approximate surface area is 121 Å². The summed E-state index contributed by atoms with van der Waals surface area (Å²) >= 11 is 0. The maximum atomic E-state index is 4.27. The Morgan fingerprint density at radius 2 is 2.10 bits per heavy atom. The lowest BCUT2D eigenvalue weighted by Gasteiger charge is -2.40. The predicted octanol–water partition coefficient (Wildman–Crippen LogP) is 4.86. The fourth-order valence-electron chi connectivity index (χ4n) is 3.60. The Kier molecular flexibility index (Phi) is 3.41. The number of hydrogen-bond acceptors (Lipinski definition) is 2. The number of hydrogen-bond donors (Lipinski definition) is 1. The van der Waals surface area contributed by atoms with Crippen molar-refractivity contribution in [3.8, 4) is 0 Å². The molecule has 2 heteroatoms. The van der Waals surface area contributed by atoms with E-state index in [1.165, 1.54) is 35.7 Å². The number of benzene rings is 1. The molecule has 0 radical (unpaired) electrons. The van der Waals surface area contributed by atoms with E-state index in [4.69, 9.17) is 0 Å². The summed E-state index contributed by atoms with van der Waals surface area (Å²) in [6.07, 6.45) is 7.68. The first-order valence-corrected chi connectivity index (χ1v) is 7.64. The van der Waals surface area contributed by atoms with E-state index in [2.05, 4.69) is 55.3 Å². The highest BCUT2D eigenvalue weighted by Gasteiger charge is 2.32. The molecule has 1 heterocycles. The van der Waals surface area contributed by atoms with Crippen LogP contribution >= 0.6 is 0 Å². The van der Waals surface area contributed by atoms with Gasteiger partial charge in [0, 0.05) is 29.5 Å². The van der Waals surface area contributed by atoms with Gasteiger partial charge < -0.3 is 5.32 Å². The third-order valence-electron chi connectivity index (χ3n) is 4.72. The Hall–Kier alpha value is -1.57. The molecule has 1 aromatic heterocycles. The van der Waals surface area contributed by atoms with Crippen LogP contribution in [0.4, 0.5) is 5.69 Å². The van der Waals surface area contributed by atoms with Crippen LogP contribution in [0.25, 0.3) is 10.8 Å². The van der Waals surface area contributed by atoms with E-state index in [1.54, 1.807) is 0 Å². The summed E-state index contributed by atoms with van der Waals surface area (Å²) in [7, 11) is 0. The van der Waals surface area contributed by atoms with E-state index >= 15 is 0 Å². The number of aromatic nitrogens is 1. The van der Waals surface area contributed by atoms with Crippen molar-refractivity contribution in [1.29, 1.82) is 0 Å². The molecule has 2 unspecified atom stereocenters. The van der Waals surface area contributed by atoms with Crippen molar-refractivity contribution in [3.05, 3.63) is 36.7 Å². The van der Waals surface area contributed by atoms with Crippen LogP contribution in [0.2, 0.25) is 0 Å². The monoisotopic (exact) mass is 268 g/mol. The third-order valence-corrected chi connectivity index (χ3v) is 4.72. The quantitative estimate of drug-likeness (QED) is 0.841. The van der Waals surface area contributed by atoms with Crippen molar-refractivity contribution in [2.75, 3.05) is 5.32 Å². The largest absolute Gasteiger partial charge is 0.381 e. The highest BCUT2D eigenvalue weighted by Crippen LogP contribution is 2.40. The van der Waals surface area contributed by atoms with Gasteiger partial charge in [-0.15, -0.1) is 0 Å². The fourth-order valence-corrected chi connectivity index (χ4v) is 3.60. The number of pyridine rings is 1. The van der Waals surface area contributed by atoms with E-state index in [0.717, 1.165) is 0 Å². The summed E-state index contributed by atoms with van der Waals surface area (Å²) in [5.41, 5.74) is 1.73. The minimum Gasteiger partial charge on any atom is -0.381 e. The number of nitrogens with one attached hydrogen (secondary N) is 1. The first-order chi connectivity index (χ1) is 9.55. The molecule has 20 heavy (non-hydrogen) atoms. The van der Waals surface area contributed by atoms with E-state index in [1.807, 2.05) is 12.4 Å². The maximum Gasteiger partial charge on any atom is 0.0437 e. The van der Waals surface area contributed by atoms with Crippen molar-refractivity contribution in [2.45, 2.75) is 46.1 Å². The molecule has 0 bridgehead atoms. The zero-order chi connectivity index (χ0) is 14.2. The lowest BCUT2D eigenvalue weighted by atomic mass is 9.70. The lowest BCUT2D eigenvalue weighted by molar-refractivity contribution is 0.177. The van der Waals surface area contributed by atoms with Crippen LogP contribution in [0.15, 0.2) is 36.7 Å². The molecule has 0 saturated heterocycles. The van der Waals surface area contributed by atoms with E-state index in [0.29, 0.717) is 17.4 Å². The standard InChI is InChI=1S/C18H24N2/c1-13-11-18(2,3)9-7-16(13)20-17-6-4-5-14-8-10-19-12-15(14)17/h4-6,8,10,12-13,16,20H,7,9,11H2,1-3H3. The van der Waals surface area contributed by atoms with Gasteiger partial charge in [-0.25, -0.2) is 0 Å². The van der Waals surface area contributed by atoms with Gasteiger partial charge >= 0.3 is 0 Å². The van der Waals surface area contributed by atoms with Crippen LogP contribution in [-0.4, -0.2) is 11.0 Å². The summed E-state index contributed by atoms with van der Waals surface area (Å²) in [6, 6.07) is 9.11. The summed E-state index contributed by atoms with van der Waals surface area (Å²) in [4.78, 5) is 4.27. The highest BCUT2D eigenvalue weighted by atomic mass is 14.9. The molecule has 2 aromatic rings. The van der Waals surface area contributed by atoms with Crippen molar-refractivity contribution < 1.29 is 0 Å². The highest BCUT2D eigenvalue weighted by molar-refractivity contribution is 5.93. The van der Waals surface area contributed by atoms with Crippen LogP contribution in [-0.2, 0) is 0 Å². The Balaban J connectivity index is 1.83. The molecule has 2 nitrogen and oxygen atoms in total. The van der Waals surface area contributed by atoms with Crippen LogP contribution in [0.1, 0.15) is 40.0 Å². The molecule has 3 rings (SSSR count). The average Bonchev–Trinajstić information content (AvgIpc) is 2.42. The molecule has 1 aliphatic carbocycles. The summed E-state index contributed by atoms with van der Waals surface area (Å²) in [6.45, 7) is 7.16. The van der Waals surface area contributed by atoms with E-state index < -0.39 is 0 Å². The van der Waals surface area contributed by atoms with Gasteiger partial charge in [-0.05, 0) is 48.1 Å². The van der Waals surface area contributed by atoms with Gasteiger partial charge in [0.1, 0.15) is 0 Å². The van der Waals surface area contributed by atoms with Gasteiger partial charge in [0.25, 0.3) is 0 Å². The average molecular weight is 268 g/mol. The van der Waals surface area contributed by atoms with Gasteiger partial charge in [-0.1, -0.05) is 32.9 Å². The number of rotatable bonds is 2. The molecule has 1 N–H and O–H groups in total. The second-order valence-corrected chi connectivity index (χ2v) is 7.04. The number of anilines is 1. The summed E-state index contributed by atoms with van der Waals surface area (Å²) < 4.78 is 0. The van der Waals surface area contributed by atoms with Crippen LogP contribution in [0.3, 0.4) is 0 Å². The first kappa shape index (κ1) is 13.4. The second kappa shape index (κ2) is 5.08. The van der Waals surface area contributed by atoms with Crippen molar-refractivity contribution in [2.24, 2.45) is 11.3 Å². The Morgan fingerprint density at radius 1 is 1.25 bits per heavy atom. The molecule has 2 atom stereocenters. The topological polar surface area (TPSA) is 24.9 Å². The molecular formula is C18H24N2. The van der Waals surface area contributed by atoms with Crippen molar-refractivity contribution in [3.63, 3.8) is 0 Å². The van der Waals surface area contributed by atoms with Gasteiger partial charge in [0.2, 0.25) is 0 Å². The predicted molar refractivity (Wildman–Crippen MR) is 85.9 cm³/mol. The molecule has 1 aliphatic rings. The maximum absolute atomic E-state index is 4.27. The molecule has 106 valence electrons. The SMILES string of the molecule is CC1CC(C)(C)CCC1Nc1cccc2ccncc12. The first-order valence-electron chi connectivity index (χ1n) is 7.64. The van der Waals surface area contributed by atoms with Gasteiger partial charge in [-0.3, -0.25) is 4.98 Å². The summed E-state index contributed by atoms with van der Waals surface area (Å²) in [5, 5.41) is 6.26. The van der Waals surface area contributed by atoms with Crippen LogP contribution < -0.4 is 5.32 Å². The lowest BCUT2D eigenvalue weighted by Crippen LogP contribution is -2.36. The van der Waals surface area contributed by atoms with Gasteiger partial charge in [0.15, 0.2) is 0 Å². The Bertz CT molecular complexity index is 598. The van der Waals surface area contributed by atoms with Crippen LogP contribution in [0, 0.1) is 11.3 Å². The normalized spacial score (nSPS) is 25.6. The molecule has 0 spiro atoms. The summed E-state index contributed by atoms with van der Waals surface area (Å²) in [5.74, 6) is 0.714. The molecule has 1 saturated carbocycles. The molecule has 1 fully saturated rings. The van der Waals surface area contributed by atoms with Crippen molar-refractivity contribution in [1.82, 2.24) is 4.98 Å². The minimum absolute atomic E-state index is 0.498. The molecule has 0 amide bonds. The van der Waals surface area contributed by atoms with Gasteiger partial charge in [-0.2, -0.15) is 0 Å². The van der Waals surface area contributed by atoms with E-state index in [9.17, 15) is 0 Å². The Morgan fingerprint density at radius 3 is 2.90 bits per heavy atom. The molecule has 0 aliphatic heterocycles.